The van der Waals surface area contributed by atoms with Gasteiger partial charge in [0.2, 0.25) is 5.91 Å². The molecule has 0 saturated heterocycles. The molecule has 6 nitrogen and oxygen atoms in total. The first-order valence-electron chi connectivity index (χ1n) is 9.16. The molecule has 0 saturated carbocycles. The van der Waals surface area contributed by atoms with Crippen molar-refractivity contribution in [2.75, 3.05) is 13.1 Å². The van der Waals surface area contributed by atoms with E-state index in [2.05, 4.69) is 31.1 Å². The van der Waals surface area contributed by atoms with Crippen molar-refractivity contribution in [2.45, 2.75) is 40.3 Å². The number of aromatic nitrogens is 2. The maximum absolute atomic E-state index is 12.6. The average molecular weight is 387 g/mol. The minimum absolute atomic E-state index is 0.000927. The third-order valence-electron chi connectivity index (χ3n) is 4.35. The van der Waals surface area contributed by atoms with Crippen LogP contribution in [0.3, 0.4) is 0 Å². The van der Waals surface area contributed by atoms with Crippen LogP contribution in [0.5, 0.6) is 0 Å². The summed E-state index contributed by atoms with van der Waals surface area (Å²) in [6.45, 7) is 8.60. The zero-order valence-electron chi connectivity index (χ0n) is 16.1. The number of nitrogens with zero attached hydrogens (tertiary/aromatic N) is 3. The van der Waals surface area contributed by atoms with E-state index in [1.54, 1.807) is 28.6 Å². The standard InChI is InChI=1S/C20H26N4O2S/c1-20(2,3)13-21-19(26)18-16-12-23(9-5-10-24(16)14-22-18)17(25)8-7-15-6-4-11-27-15/h4,6-8,11,14H,5,9-10,12-13H2,1-3H3,(H,21,26)/b8-7+. The van der Waals surface area contributed by atoms with Gasteiger partial charge < -0.3 is 14.8 Å². The van der Waals surface area contributed by atoms with Crippen molar-refractivity contribution in [3.05, 3.63) is 46.2 Å². The Balaban J connectivity index is 1.73. The number of fused-ring (bicyclic) bond motifs is 1. The quantitative estimate of drug-likeness (QED) is 0.821. The van der Waals surface area contributed by atoms with E-state index in [1.807, 2.05) is 28.2 Å². The molecular weight excluding hydrogens is 360 g/mol. The zero-order valence-corrected chi connectivity index (χ0v) is 16.9. The molecule has 0 unspecified atom stereocenters. The number of amides is 2. The fourth-order valence-corrected chi connectivity index (χ4v) is 3.53. The molecule has 7 heteroatoms. The first-order chi connectivity index (χ1) is 12.8. The van der Waals surface area contributed by atoms with Crippen molar-refractivity contribution in [3.63, 3.8) is 0 Å². The average Bonchev–Trinajstić information content (AvgIpc) is 3.22. The summed E-state index contributed by atoms with van der Waals surface area (Å²) in [7, 11) is 0. The van der Waals surface area contributed by atoms with Crippen molar-refractivity contribution in [2.24, 2.45) is 5.41 Å². The molecule has 1 N–H and O–H groups in total. The van der Waals surface area contributed by atoms with Gasteiger partial charge in [0.05, 0.1) is 18.6 Å². The van der Waals surface area contributed by atoms with Crippen LogP contribution in [0.25, 0.3) is 6.08 Å². The van der Waals surface area contributed by atoms with Gasteiger partial charge in [-0.25, -0.2) is 4.98 Å². The van der Waals surface area contributed by atoms with Gasteiger partial charge in [0.25, 0.3) is 5.91 Å². The summed E-state index contributed by atoms with van der Waals surface area (Å²) < 4.78 is 1.99. The van der Waals surface area contributed by atoms with Gasteiger partial charge in [0.15, 0.2) is 5.69 Å². The van der Waals surface area contributed by atoms with E-state index in [0.717, 1.165) is 23.5 Å². The number of carbonyl (C=O) groups is 2. The smallest absolute Gasteiger partial charge is 0.271 e. The summed E-state index contributed by atoms with van der Waals surface area (Å²) in [4.78, 5) is 32.4. The number of hydrogen-bond acceptors (Lipinski definition) is 4. The molecule has 1 aliphatic rings. The first kappa shape index (κ1) is 19.4. The van der Waals surface area contributed by atoms with Gasteiger partial charge in [-0.2, -0.15) is 0 Å². The minimum Gasteiger partial charge on any atom is -0.350 e. The lowest BCUT2D eigenvalue weighted by molar-refractivity contribution is -0.126. The molecule has 0 aromatic carbocycles. The Bertz CT molecular complexity index is 831. The molecular formula is C20H26N4O2S. The molecule has 2 aromatic heterocycles. The Kier molecular flexibility index (Phi) is 5.79. The van der Waals surface area contributed by atoms with Gasteiger partial charge in [-0.05, 0) is 29.4 Å². The largest absolute Gasteiger partial charge is 0.350 e. The van der Waals surface area contributed by atoms with Gasteiger partial charge in [-0.15, -0.1) is 11.3 Å². The van der Waals surface area contributed by atoms with Crippen LogP contribution < -0.4 is 5.32 Å². The Labute approximate surface area is 163 Å². The highest BCUT2D eigenvalue weighted by Gasteiger charge is 2.25. The number of thiophene rings is 1. The Morgan fingerprint density at radius 2 is 2.15 bits per heavy atom. The van der Waals surface area contributed by atoms with Crippen molar-refractivity contribution in [1.29, 1.82) is 0 Å². The van der Waals surface area contributed by atoms with Crippen LogP contribution in [0.15, 0.2) is 29.9 Å². The molecule has 1 aliphatic heterocycles. The highest BCUT2D eigenvalue weighted by Crippen LogP contribution is 2.18. The van der Waals surface area contributed by atoms with E-state index < -0.39 is 0 Å². The summed E-state index contributed by atoms with van der Waals surface area (Å²) in [5.74, 6) is -0.221. The normalized spacial score (nSPS) is 14.9. The van der Waals surface area contributed by atoms with Gasteiger partial charge in [-0.3, -0.25) is 9.59 Å². The van der Waals surface area contributed by atoms with E-state index in [1.165, 1.54) is 0 Å². The second-order valence-corrected chi connectivity index (χ2v) is 8.92. The fraction of sp³-hybridized carbons (Fsp3) is 0.450. The fourth-order valence-electron chi connectivity index (χ4n) is 2.91. The molecule has 2 amide bonds. The topological polar surface area (TPSA) is 67.2 Å². The van der Waals surface area contributed by atoms with E-state index in [0.29, 0.717) is 25.3 Å². The lowest BCUT2D eigenvalue weighted by Crippen LogP contribution is -2.34. The molecule has 3 rings (SSSR count). The van der Waals surface area contributed by atoms with Crippen LogP contribution in [0.1, 0.15) is 48.3 Å². The van der Waals surface area contributed by atoms with Gasteiger partial charge in [0.1, 0.15) is 0 Å². The highest BCUT2D eigenvalue weighted by atomic mass is 32.1. The third kappa shape index (κ3) is 5.07. The molecule has 0 spiro atoms. The van der Waals surface area contributed by atoms with E-state index in [9.17, 15) is 9.59 Å². The third-order valence-corrected chi connectivity index (χ3v) is 5.19. The Hall–Kier alpha value is -2.41. The first-order valence-corrected chi connectivity index (χ1v) is 10.0. The van der Waals surface area contributed by atoms with Gasteiger partial charge in [-0.1, -0.05) is 26.8 Å². The van der Waals surface area contributed by atoms with Crippen molar-refractivity contribution in [1.82, 2.24) is 19.8 Å². The molecule has 0 fully saturated rings. The SMILES string of the molecule is CC(C)(C)CNC(=O)c1ncn2c1CN(C(=O)/C=C/c1cccs1)CCC2. The monoisotopic (exact) mass is 386 g/mol. The van der Waals surface area contributed by atoms with E-state index in [4.69, 9.17) is 0 Å². The summed E-state index contributed by atoms with van der Waals surface area (Å²) in [6, 6.07) is 3.94. The minimum atomic E-state index is -0.179. The van der Waals surface area contributed by atoms with Crippen molar-refractivity contribution < 1.29 is 9.59 Å². The number of nitrogens with one attached hydrogen (secondary N) is 1. The maximum atomic E-state index is 12.6. The molecule has 27 heavy (non-hydrogen) atoms. The summed E-state index contributed by atoms with van der Waals surface area (Å²) in [6.07, 6.45) is 5.99. The second kappa shape index (κ2) is 8.08. The van der Waals surface area contributed by atoms with Gasteiger partial charge >= 0.3 is 0 Å². The van der Waals surface area contributed by atoms with Crippen LogP contribution >= 0.6 is 11.3 Å². The second-order valence-electron chi connectivity index (χ2n) is 7.94. The Morgan fingerprint density at radius 3 is 2.85 bits per heavy atom. The lowest BCUT2D eigenvalue weighted by Gasteiger charge is -2.20. The summed E-state index contributed by atoms with van der Waals surface area (Å²) in [5.41, 5.74) is 1.22. The van der Waals surface area contributed by atoms with Crippen LogP contribution in [0.4, 0.5) is 0 Å². The molecule has 0 radical (unpaired) electrons. The number of imidazole rings is 1. The molecule has 3 heterocycles. The van der Waals surface area contributed by atoms with Crippen molar-refractivity contribution >= 4 is 29.2 Å². The zero-order chi connectivity index (χ0) is 19.4. The number of aryl methyl sites for hydroxylation is 1. The molecule has 144 valence electrons. The van der Waals surface area contributed by atoms with E-state index in [-0.39, 0.29) is 17.2 Å². The number of carbonyl (C=O) groups excluding carboxylic acids is 2. The van der Waals surface area contributed by atoms with Crippen LogP contribution in [-0.4, -0.2) is 39.4 Å². The predicted octanol–water partition coefficient (Wildman–Crippen LogP) is 3.17. The van der Waals surface area contributed by atoms with Crippen LogP contribution in [0.2, 0.25) is 0 Å². The summed E-state index contributed by atoms with van der Waals surface area (Å²) in [5, 5.41) is 4.94. The highest BCUT2D eigenvalue weighted by molar-refractivity contribution is 7.10. The van der Waals surface area contributed by atoms with E-state index >= 15 is 0 Å². The number of rotatable bonds is 4. The van der Waals surface area contributed by atoms with Crippen LogP contribution in [-0.2, 0) is 17.9 Å². The predicted molar refractivity (Wildman–Crippen MR) is 107 cm³/mol. The molecule has 0 bridgehead atoms. The van der Waals surface area contributed by atoms with Crippen molar-refractivity contribution in [3.8, 4) is 0 Å². The molecule has 0 atom stereocenters. The molecule has 0 aliphatic carbocycles. The lowest BCUT2D eigenvalue weighted by atomic mass is 9.97. The Morgan fingerprint density at radius 1 is 1.33 bits per heavy atom. The summed E-state index contributed by atoms with van der Waals surface area (Å²) >= 11 is 1.59. The van der Waals surface area contributed by atoms with Gasteiger partial charge in [0, 0.05) is 30.6 Å². The molecule has 2 aromatic rings. The maximum Gasteiger partial charge on any atom is 0.271 e. The van der Waals surface area contributed by atoms with Crippen LogP contribution in [0, 0.1) is 5.41 Å². The number of hydrogen-bond donors (Lipinski definition) is 1.